The Morgan fingerprint density at radius 3 is 2.65 bits per heavy atom. The highest BCUT2D eigenvalue weighted by Crippen LogP contribution is 2.32. The highest BCUT2D eigenvalue weighted by Gasteiger charge is 2.21. The minimum absolute atomic E-state index is 0.135. The van der Waals surface area contributed by atoms with E-state index in [9.17, 15) is 10.1 Å². The average Bonchev–Trinajstić information content (AvgIpc) is 2.43. The molecule has 1 aliphatic carbocycles. The average molecular weight is 341 g/mol. The number of nitrogens with one attached hydrogen (secondary N) is 1. The zero-order valence-corrected chi connectivity index (χ0v) is 13.4. The molecule has 2 rings (SSSR count). The maximum atomic E-state index is 10.8. The van der Waals surface area contributed by atoms with Crippen molar-refractivity contribution in [3.05, 3.63) is 32.8 Å². The van der Waals surface area contributed by atoms with Gasteiger partial charge in [0.1, 0.15) is 0 Å². The second kappa shape index (κ2) is 7.07. The standard InChI is InChI=1S/C15H21BrN2O2/c1-2-3-11-4-6-12(7-5-11)17-15-10-13(18(19)20)8-9-14(15)16/h8-12,17H,2-7H2,1H3. The van der Waals surface area contributed by atoms with E-state index in [0.29, 0.717) is 6.04 Å². The number of hydrogen-bond donors (Lipinski definition) is 1. The lowest BCUT2D eigenvalue weighted by Gasteiger charge is -2.29. The Labute approximate surface area is 128 Å². The lowest BCUT2D eigenvalue weighted by atomic mass is 9.83. The number of hydrogen-bond acceptors (Lipinski definition) is 3. The van der Waals surface area contributed by atoms with Gasteiger partial charge in [-0.3, -0.25) is 10.1 Å². The molecule has 0 amide bonds. The predicted octanol–water partition coefficient (Wildman–Crippen LogP) is 5.13. The van der Waals surface area contributed by atoms with Crippen LogP contribution in [0.2, 0.25) is 0 Å². The minimum atomic E-state index is -0.351. The molecule has 1 aliphatic rings. The van der Waals surface area contributed by atoms with Gasteiger partial charge in [0.2, 0.25) is 0 Å². The third-order valence-corrected chi connectivity index (χ3v) is 4.76. The van der Waals surface area contributed by atoms with Crippen LogP contribution in [-0.2, 0) is 0 Å². The largest absolute Gasteiger partial charge is 0.381 e. The molecule has 0 unspecified atom stereocenters. The number of nitro groups is 1. The Hall–Kier alpha value is -1.10. The van der Waals surface area contributed by atoms with Crippen molar-refractivity contribution in [3.63, 3.8) is 0 Å². The van der Waals surface area contributed by atoms with Crippen LogP contribution in [0, 0.1) is 16.0 Å². The molecule has 0 atom stereocenters. The maximum Gasteiger partial charge on any atom is 0.271 e. The molecule has 1 aromatic rings. The summed E-state index contributed by atoms with van der Waals surface area (Å²) in [5.74, 6) is 0.867. The summed E-state index contributed by atoms with van der Waals surface area (Å²) in [4.78, 5) is 10.5. The van der Waals surface area contributed by atoms with Crippen molar-refractivity contribution >= 4 is 27.3 Å². The Morgan fingerprint density at radius 2 is 2.05 bits per heavy atom. The van der Waals surface area contributed by atoms with Gasteiger partial charge in [0.05, 0.1) is 10.6 Å². The van der Waals surface area contributed by atoms with Gasteiger partial charge < -0.3 is 5.32 Å². The van der Waals surface area contributed by atoms with Crippen LogP contribution >= 0.6 is 15.9 Å². The van der Waals surface area contributed by atoms with E-state index in [0.717, 1.165) is 28.9 Å². The Balaban J connectivity index is 1.97. The molecule has 1 N–H and O–H groups in total. The first-order chi connectivity index (χ1) is 9.60. The van der Waals surface area contributed by atoms with Crippen LogP contribution in [0.4, 0.5) is 11.4 Å². The first kappa shape index (κ1) is 15.3. The molecule has 1 fully saturated rings. The third kappa shape index (κ3) is 3.95. The quantitative estimate of drug-likeness (QED) is 0.597. The van der Waals surface area contributed by atoms with E-state index in [1.807, 2.05) is 0 Å². The van der Waals surface area contributed by atoms with Gasteiger partial charge >= 0.3 is 0 Å². The van der Waals surface area contributed by atoms with Crippen molar-refractivity contribution in [2.24, 2.45) is 5.92 Å². The van der Waals surface area contributed by atoms with Gasteiger partial charge in [-0.2, -0.15) is 0 Å². The zero-order valence-electron chi connectivity index (χ0n) is 11.8. The molecule has 0 heterocycles. The Bertz CT molecular complexity index is 471. The molecule has 0 saturated heterocycles. The predicted molar refractivity (Wildman–Crippen MR) is 85.1 cm³/mol. The monoisotopic (exact) mass is 340 g/mol. The van der Waals surface area contributed by atoms with Crippen LogP contribution in [0.1, 0.15) is 45.4 Å². The molecule has 20 heavy (non-hydrogen) atoms. The van der Waals surface area contributed by atoms with Crippen LogP contribution < -0.4 is 5.32 Å². The van der Waals surface area contributed by atoms with Crippen molar-refractivity contribution in [2.75, 3.05) is 5.32 Å². The zero-order chi connectivity index (χ0) is 14.5. The van der Waals surface area contributed by atoms with Crippen LogP contribution in [0.5, 0.6) is 0 Å². The van der Waals surface area contributed by atoms with Crippen molar-refractivity contribution in [1.29, 1.82) is 0 Å². The van der Waals surface area contributed by atoms with E-state index in [4.69, 9.17) is 0 Å². The van der Waals surface area contributed by atoms with Crippen LogP contribution in [0.3, 0.4) is 0 Å². The molecule has 4 nitrogen and oxygen atoms in total. The van der Waals surface area contributed by atoms with Crippen LogP contribution in [0.25, 0.3) is 0 Å². The fraction of sp³-hybridized carbons (Fsp3) is 0.600. The first-order valence-electron chi connectivity index (χ1n) is 7.30. The Morgan fingerprint density at radius 1 is 1.35 bits per heavy atom. The summed E-state index contributed by atoms with van der Waals surface area (Å²) in [6, 6.07) is 5.31. The summed E-state index contributed by atoms with van der Waals surface area (Å²) in [6.07, 6.45) is 7.42. The number of benzene rings is 1. The second-order valence-corrected chi connectivity index (χ2v) is 6.43. The van der Waals surface area contributed by atoms with Gasteiger partial charge in [0, 0.05) is 22.6 Å². The van der Waals surface area contributed by atoms with Crippen molar-refractivity contribution in [2.45, 2.75) is 51.5 Å². The van der Waals surface area contributed by atoms with E-state index < -0.39 is 0 Å². The molecule has 110 valence electrons. The first-order valence-corrected chi connectivity index (χ1v) is 8.10. The van der Waals surface area contributed by atoms with E-state index in [-0.39, 0.29) is 10.6 Å². The van der Waals surface area contributed by atoms with Crippen molar-refractivity contribution in [1.82, 2.24) is 0 Å². The van der Waals surface area contributed by atoms with Gasteiger partial charge in [0.15, 0.2) is 0 Å². The smallest absolute Gasteiger partial charge is 0.271 e. The normalized spacial score (nSPS) is 22.5. The number of non-ortho nitro benzene ring substituents is 1. The molecule has 1 saturated carbocycles. The van der Waals surface area contributed by atoms with Gasteiger partial charge in [-0.1, -0.05) is 19.8 Å². The lowest BCUT2D eigenvalue weighted by Crippen LogP contribution is -2.26. The molecule has 0 bridgehead atoms. The van der Waals surface area contributed by atoms with Gasteiger partial charge in [0.25, 0.3) is 5.69 Å². The third-order valence-electron chi connectivity index (χ3n) is 4.06. The summed E-state index contributed by atoms with van der Waals surface area (Å²) >= 11 is 3.46. The van der Waals surface area contributed by atoms with E-state index in [1.165, 1.54) is 31.7 Å². The summed E-state index contributed by atoms with van der Waals surface area (Å²) in [5.41, 5.74) is 0.966. The van der Waals surface area contributed by atoms with Crippen molar-refractivity contribution in [3.8, 4) is 0 Å². The number of halogens is 1. The molecule has 0 aromatic heterocycles. The molecule has 5 heteroatoms. The summed E-state index contributed by atoms with van der Waals surface area (Å²) < 4.78 is 0.888. The molecule has 0 spiro atoms. The van der Waals surface area contributed by atoms with E-state index in [1.54, 1.807) is 12.1 Å². The number of nitro benzene ring substituents is 1. The highest BCUT2D eigenvalue weighted by atomic mass is 79.9. The fourth-order valence-corrected chi connectivity index (χ4v) is 3.32. The SMILES string of the molecule is CCCC1CCC(Nc2cc([N+](=O)[O-])ccc2Br)CC1. The second-order valence-electron chi connectivity index (χ2n) is 5.57. The molecule has 1 aromatic carbocycles. The van der Waals surface area contributed by atoms with E-state index >= 15 is 0 Å². The fourth-order valence-electron chi connectivity index (χ4n) is 2.96. The minimum Gasteiger partial charge on any atom is -0.381 e. The molecular formula is C15H21BrN2O2. The molecule has 0 radical (unpaired) electrons. The Kier molecular flexibility index (Phi) is 5.40. The summed E-state index contributed by atoms with van der Waals surface area (Å²) in [6.45, 7) is 2.24. The van der Waals surface area contributed by atoms with Crippen LogP contribution in [0.15, 0.2) is 22.7 Å². The van der Waals surface area contributed by atoms with Gasteiger partial charge in [-0.25, -0.2) is 0 Å². The molecular weight excluding hydrogens is 320 g/mol. The molecule has 0 aliphatic heterocycles. The number of anilines is 1. The van der Waals surface area contributed by atoms with Crippen LogP contribution in [-0.4, -0.2) is 11.0 Å². The lowest BCUT2D eigenvalue weighted by molar-refractivity contribution is -0.384. The highest BCUT2D eigenvalue weighted by molar-refractivity contribution is 9.10. The van der Waals surface area contributed by atoms with Gasteiger partial charge in [-0.05, 0) is 53.6 Å². The van der Waals surface area contributed by atoms with Crippen molar-refractivity contribution < 1.29 is 4.92 Å². The summed E-state index contributed by atoms with van der Waals surface area (Å²) in [7, 11) is 0. The maximum absolute atomic E-state index is 10.8. The van der Waals surface area contributed by atoms with Gasteiger partial charge in [-0.15, -0.1) is 0 Å². The van der Waals surface area contributed by atoms with E-state index in [2.05, 4.69) is 28.2 Å². The number of nitrogens with zero attached hydrogens (tertiary/aromatic N) is 1. The topological polar surface area (TPSA) is 55.2 Å². The summed E-state index contributed by atoms with van der Waals surface area (Å²) in [5, 5.41) is 14.3. The number of rotatable bonds is 5.